The van der Waals surface area contributed by atoms with E-state index in [1.54, 1.807) is 12.1 Å². The van der Waals surface area contributed by atoms with Crippen molar-refractivity contribution in [3.63, 3.8) is 0 Å². The summed E-state index contributed by atoms with van der Waals surface area (Å²) in [5.41, 5.74) is 1.97. The number of rotatable bonds is 8. The minimum Gasteiger partial charge on any atom is -0.481 e. The van der Waals surface area contributed by atoms with E-state index >= 15 is 0 Å². The highest BCUT2D eigenvalue weighted by Gasteiger charge is 2.39. The summed E-state index contributed by atoms with van der Waals surface area (Å²) in [6.07, 6.45) is 0.474. The number of carbonyl (C=O) groups is 4. The van der Waals surface area contributed by atoms with Crippen LogP contribution in [0, 0.1) is 11.8 Å². The third-order valence-electron chi connectivity index (χ3n) is 4.81. The van der Waals surface area contributed by atoms with E-state index in [-0.39, 0.29) is 51.0 Å². The molecule has 1 unspecified atom stereocenters. The summed E-state index contributed by atoms with van der Waals surface area (Å²) >= 11 is 0. The molecule has 3 rings (SSSR count). The first-order valence-corrected chi connectivity index (χ1v) is 9.60. The predicted octanol–water partition coefficient (Wildman–Crippen LogP) is 0.307. The second-order valence-electron chi connectivity index (χ2n) is 6.84. The van der Waals surface area contributed by atoms with E-state index in [1.807, 2.05) is 6.07 Å². The Morgan fingerprint density at radius 1 is 1.20 bits per heavy atom. The van der Waals surface area contributed by atoms with Crippen LogP contribution in [-0.2, 0) is 30.4 Å². The molecule has 0 spiro atoms. The maximum absolute atomic E-state index is 12.8. The number of nitrogens with zero attached hydrogens (tertiary/aromatic N) is 1. The molecule has 0 aliphatic carbocycles. The van der Waals surface area contributed by atoms with Crippen molar-refractivity contribution in [2.75, 3.05) is 26.4 Å². The van der Waals surface area contributed by atoms with Crippen LogP contribution < -0.4 is 5.32 Å². The highest BCUT2D eigenvalue weighted by atomic mass is 16.5. The Labute approximate surface area is 173 Å². The van der Waals surface area contributed by atoms with Gasteiger partial charge in [0.2, 0.25) is 11.8 Å². The van der Waals surface area contributed by atoms with E-state index in [0.29, 0.717) is 24.2 Å². The lowest BCUT2D eigenvalue weighted by molar-refractivity contribution is -0.139. The smallest absolute Gasteiger partial charge is 0.305 e. The maximum atomic E-state index is 12.8. The molecule has 2 heterocycles. The lowest BCUT2D eigenvalue weighted by Crippen LogP contribution is -2.52. The standard InChI is InChI=1S/C21H22N2O7/c24-18-7-6-17(20(27)22-18)23-13-16-14(3-1-5-15(16)21(23)28)4-2-9-29-11-12-30-10-8-19(25)26/h1,3,5,17H,6-13H2,(H,25,26)(H,22,24,27). The molecule has 1 atom stereocenters. The SMILES string of the molecule is O=C(O)CCOCCOCC#Cc1cccc2c1CN(C1CCC(=O)NC1=O)C2=O. The van der Waals surface area contributed by atoms with Gasteiger partial charge in [0.05, 0.1) is 26.2 Å². The zero-order valence-corrected chi connectivity index (χ0v) is 16.3. The van der Waals surface area contributed by atoms with Crippen LogP contribution in [0.15, 0.2) is 18.2 Å². The fraction of sp³-hybridized carbons (Fsp3) is 0.429. The van der Waals surface area contributed by atoms with E-state index < -0.39 is 17.9 Å². The van der Waals surface area contributed by atoms with Crippen molar-refractivity contribution in [3.8, 4) is 11.8 Å². The molecule has 0 radical (unpaired) electrons. The maximum Gasteiger partial charge on any atom is 0.305 e. The molecule has 1 fully saturated rings. The molecule has 1 saturated heterocycles. The molecule has 3 amide bonds. The Morgan fingerprint density at radius 2 is 2.00 bits per heavy atom. The van der Waals surface area contributed by atoms with Crippen molar-refractivity contribution < 1.29 is 33.8 Å². The summed E-state index contributed by atoms with van der Waals surface area (Å²) in [6, 6.07) is 4.60. The molecule has 30 heavy (non-hydrogen) atoms. The largest absolute Gasteiger partial charge is 0.481 e. The average molecular weight is 414 g/mol. The number of hydrogen-bond acceptors (Lipinski definition) is 6. The predicted molar refractivity (Wildman–Crippen MR) is 103 cm³/mol. The highest BCUT2D eigenvalue weighted by molar-refractivity contribution is 6.05. The zero-order chi connectivity index (χ0) is 21.5. The summed E-state index contributed by atoms with van der Waals surface area (Å²) in [5.74, 6) is 3.97. The van der Waals surface area contributed by atoms with Gasteiger partial charge < -0.3 is 19.5 Å². The summed E-state index contributed by atoms with van der Waals surface area (Å²) in [5, 5.41) is 10.8. The first-order valence-electron chi connectivity index (χ1n) is 9.60. The van der Waals surface area contributed by atoms with Crippen molar-refractivity contribution >= 4 is 23.7 Å². The monoisotopic (exact) mass is 414 g/mol. The number of ether oxygens (including phenoxy) is 2. The van der Waals surface area contributed by atoms with E-state index in [0.717, 1.165) is 5.56 Å². The molecule has 2 aliphatic heterocycles. The van der Waals surface area contributed by atoms with Gasteiger partial charge in [-0.3, -0.25) is 24.5 Å². The van der Waals surface area contributed by atoms with Crippen LogP contribution in [0.25, 0.3) is 0 Å². The van der Waals surface area contributed by atoms with Crippen LogP contribution in [0.4, 0.5) is 0 Å². The molecule has 2 N–H and O–H groups in total. The van der Waals surface area contributed by atoms with E-state index in [2.05, 4.69) is 17.2 Å². The van der Waals surface area contributed by atoms with Gasteiger partial charge in [0.25, 0.3) is 5.91 Å². The average Bonchev–Trinajstić information content (AvgIpc) is 3.04. The van der Waals surface area contributed by atoms with Crippen LogP contribution >= 0.6 is 0 Å². The molecule has 0 saturated carbocycles. The minimum atomic E-state index is -0.910. The fourth-order valence-corrected chi connectivity index (χ4v) is 3.34. The normalized spacial score (nSPS) is 17.9. The fourth-order valence-electron chi connectivity index (χ4n) is 3.34. The van der Waals surface area contributed by atoms with E-state index in [1.165, 1.54) is 4.90 Å². The minimum absolute atomic E-state index is 0.0481. The molecule has 0 bridgehead atoms. The topological polar surface area (TPSA) is 122 Å². The van der Waals surface area contributed by atoms with Gasteiger partial charge in [0.1, 0.15) is 12.6 Å². The van der Waals surface area contributed by atoms with Crippen molar-refractivity contribution in [1.82, 2.24) is 10.2 Å². The van der Waals surface area contributed by atoms with Crippen LogP contribution in [0.1, 0.15) is 40.7 Å². The Kier molecular flexibility index (Phi) is 7.17. The number of hydrogen-bond donors (Lipinski definition) is 2. The Bertz CT molecular complexity index is 916. The number of carboxylic acids is 1. The van der Waals surface area contributed by atoms with Gasteiger partial charge in [-0.1, -0.05) is 17.9 Å². The van der Waals surface area contributed by atoms with Gasteiger partial charge in [-0.15, -0.1) is 0 Å². The lowest BCUT2D eigenvalue weighted by Gasteiger charge is -2.29. The first-order chi connectivity index (χ1) is 14.5. The summed E-state index contributed by atoms with van der Waals surface area (Å²) < 4.78 is 10.5. The van der Waals surface area contributed by atoms with Crippen molar-refractivity contribution in [2.45, 2.75) is 31.8 Å². The number of imide groups is 1. The zero-order valence-electron chi connectivity index (χ0n) is 16.3. The number of fused-ring (bicyclic) bond motifs is 1. The number of carboxylic acid groups (broad SMARTS) is 1. The quantitative estimate of drug-likeness (QED) is 0.357. The summed E-state index contributed by atoms with van der Waals surface area (Å²) in [6.45, 7) is 1.15. The van der Waals surface area contributed by atoms with E-state index in [4.69, 9.17) is 14.6 Å². The van der Waals surface area contributed by atoms with Gasteiger partial charge in [0, 0.05) is 24.1 Å². The van der Waals surface area contributed by atoms with Crippen LogP contribution in [0.2, 0.25) is 0 Å². The van der Waals surface area contributed by atoms with Gasteiger partial charge in [-0.2, -0.15) is 0 Å². The molecule has 1 aromatic rings. The van der Waals surface area contributed by atoms with Crippen molar-refractivity contribution in [2.24, 2.45) is 0 Å². The Balaban J connectivity index is 1.54. The number of amides is 3. The van der Waals surface area contributed by atoms with Crippen LogP contribution in [0.5, 0.6) is 0 Å². The van der Waals surface area contributed by atoms with Crippen LogP contribution in [-0.4, -0.2) is 66.2 Å². The second-order valence-corrected chi connectivity index (χ2v) is 6.84. The number of nitrogens with one attached hydrogen (secondary N) is 1. The lowest BCUT2D eigenvalue weighted by atomic mass is 10.0. The van der Waals surface area contributed by atoms with Crippen molar-refractivity contribution in [3.05, 3.63) is 34.9 Å². The van der Waals surface area contributed by atoms with Gasteiger partial charge >= 0.3 is 5.97 Å². The number of carbonyl (C=O) groups excluding carboxylic acids is 3. The molecule has 9 nitrogen and oxygen atoms in total. The van der Waals surface area contributed by atoms with Gasteiger partial charge in [-0.05, 0) is 24.1 Å². The van der Waals surface area contributed by atoms with E-state index in [9.17, 15) is 19.2 Å². The molecular formula is C21H22N2O7. The Hall–Kier alpha value is -3.22. The molecule has 1 aromatic carbocycles. The summed E-state index contributed by atoms with van der Waals surface area (Å²) in [7, 11) is 0. The highest BCUT2D eigenvalue weighted by Crippen LogP contribution is 2.29. The Morgan fingerprint density at radius 3 is 2.77 bits per heavy atom. The van der Waals surface area contributed by atoms with Gasteiger partial charge in [-0.25, -0.2) is 0 Å². The number of piperidine rings is 1. The molecular weight excluding hydrogens is 392 g/mol. The third-order valence-corrected chi connectivity index (χ3v) is 4.81. The molecule has 2 aliphatic rings. The summed E-state index contributed by atoms with van der Waals surface area (Å²) in [4.78, 5) is 48.1. The molecule has 9 heteroatoms. The third kappa shape index (κ3) is 5.23. The van der Waals surface area contributed by atoms with Crippen molar-refractivity contribution in [1.29, 1.82) is 0 Å². The number of aliphatic carboxylic acids is 1. The molecule has 158 valence electrons. The first kappa shape index (κ1) is 21.5. The second kappa shape index (κ2) is 10.0. The number of benzene rings is 1. The molecule has 0 aromatic heterocycles. The van der Waals surface area contributed by atoms with Crippen LogP contribution in [0.3, 0.4) is 0 Å². The van der Waals surface area contributed by atoms with Gasteiger partial charge in [0.15, 0.2) is 0 Å².